The lowest BCUT2D eigenvalue weighted by atomic mass is 10.0. The largest absolute Gasteiger partial charge is 0.473 e. The van der Waals surface area contributed by atoms with Crippen molar-refractivity contribution < 1.29 is 9.47 Å². The molecule has 0 aromatic carbocycles. The zero-order valence-electron chi connectivity index (χ0n) is 17.9. The molecule has 6 nitrogen and oxygen atoms in total. The van der Waals surface area contributed by atoms with Crippen LogP contribution in [0.5, 0.6) is 5.88 Å². The van der Waals surface area contributed by atoms with E-state index in [-0.39, 0.29) is 6.10 Å². The van der Waals surface area contributed by atoms with Gasteiger partial charge in [-0.15, -0.1) is 11.3 Å². The Bertz CT molecular complexity index is 951. The second kappa shape index (κ2) is 11.3. The van der Waals surface area contributed by atoms with Crippen molar-refractivity contribution in [3.05, 3.63) is 58.7 Å². The molecule has 3 N–H and O–H groups in total. The average Bonchev–Trinajstić information content (AvgIpc) is 3.24. The number of rotatable bonds is 9. The summed E-state index contributed by atoms with van der Waals surface area (Å²) in [5.41, 5.74) is 8.70. The number of halogens is 1. The second-order valence-electron chi connectivity index (χ2n) is 7.38. The third-order valence-electron chi connectivity index (χ3n) is 5.15. The van der Waals surface area contributed by atoms with Gasteiger partial charge in [-0.05, 0) is 30.5 Å². The van der Waals surface area contributed by atoms with Crippen LogP contribution in [-0.4, -0.2) is 29.3 Å². The number of nitrogens with two attached hydrogens (primary N) is 1. The number of hydrogen-bond acceptors (Lipinski definition) is 7. The van der Waals surface area contributed by atoms with Crippen LogP contribution in [0.25, 0.3) is 5.57 Å². The third-order valence-corrected chi connectivity index (χ3v) is 6.20. The van der Waals surface area contributed by atoms with Crippen LogP contribution >= 0.6 is 22.9 Å². The summed E-state index contributed by atoms with van der Waals surface area (Å²) in [5, 5.41) is 6.40. The van der Waals surface area contributed by atoms with Gasteiger partial charge in [0.15, 0.2) is 5.13 Å². The zero-order valence-corrected chi connectivity index (χ0v) is 19.5. The number of anilines is 2. The van der Waals surface area contributed by atoms with E-state index in [0.29, 0.717) is 41.0 Å². The van der Waals surface area contributed by atoms with E-state index in [1.807, 2.05) is 17.5 Å². The fourth-order valence-electron chi connectivity index (χ4n) is 2.94. The molecule has 0 radical (unpaired) electrons. The molecule has 166 valence electrons. The Hall–Kier alpha value is -2.35. The highest BCUT2D eigenvalue weighted by molar-refractivity contribution is 7.13. The van der Waals surface area contributed by atoms with E-state index in [2.05, 4.69) is 35.7 Å². The summed E-state index contributed by atoms with van der Waals surface area (Å²) >= 11 is 7.77. The van der Waals surface area contributed by atoms with E-state index in [1.54, 1.807) is 18.2 Å². The Morgan fingerprint density at radius 1 is 1.39 bits per heavy atom. The molecule has 3 heterocycles. The Labute approximate surface area is 192 Å². The number of nitrogens with one attached hydrogen (secondary N) is 1. The van der Waals surface area contributed by atoms with E-state index in [9.17, 15) is 0 Å². The second-order valence-corrected chi connectivity index (χ2v) is 8.64. The molecule has 1 unspecified atom stereocenters. The Kier molecular flexibility index (Phi) is 8.51. The molecule has 8 heteroatoms. The first kappa shape index (κ1) is 23.3. The number of thiazole rings is 1. The van der Waals surface area contributed by atoms with Gasteiger partial charge in [0.2, 0.25) is 5.88 Å². The third kappa shape index (κ3) is 6.56. The standard InChI is InChI=1S/C23H29ClN4O2S/c1-4-15(3)19(25)8-6-16(5-2)20-14-31-23(26-20)28-21-9-7-18(24)22(27-21)30-17-10-12-29-13-11-17/h5-9,14-15,17H,2,4,10-13,25H2,1,3H3,(H,26,27,28)/b16-6+,19-8+. The van der Waals surface area contributed by atoms with Crippen molar-refractivity contribution in [2.24, 2.45) is 11.7 Å². The van der Waals surface area contributed by atoms with Crippen molar-refractivity contribution in [2.45, 2.75) is 39.2 Å². The molecule has 31 heavy (non-hydrogen) atoms. The molecule has 1 fully saturated rings. The Morgan fingerprint density at radius 3 is 2.87 bits per heavy atom. The van der Waals surface area contributed by atoms with Gasteiger partial charge in [-0.25, -0.2) is 4.98 Å². The van der Waals surface area contributed by atoms with Crippen molar-refractivity contribution in [1.29, 1.82) is 0 Å². The number of aromatic nitrogens is 2. The molecule has 3 rings (SSSR count). The summed E-state index contributed by atoms with van der Waals surface area (Å²) in [5.74, 6) is 1.38. The number of allylic oxidation sites excluding steroid dienone is 5. The number of hydrogen-bond donors (Lipinski definition) is 2. The van der Waals surface area contributed by atoms with Crippen LogP contribution in [0.3, 0.4) is 0 Å². The normalized spacial score (nSPS) is 16.7. The molecule has 0 spiro atoms. The minimum Gasteiger partial charge on any atom is -0.473 e. The fourth-order valence-corrected chi connectivity index (χ4v) is 3.82. The van der Waals surface area contributed by atoms with E-state index >= 15 is 0 Å². The minimum absolute atomic E-state index is 0.0664. The van der Waals surface area contributed by atoms with Crippen molar-refractivity contribution in [3.63, 3.8) is 0 Å². The van der Waals surface area contributed by atoms with Gasteiger partial charge in [-0.2, -0.15) is 4.98 Å². The lowest BCUT2D eigenvalue weighted by Crippen LogP contribution is -2.26. The molecule has 1 aliphatic rings. The lowest BCUT2D eigenvalue weighted by Gasteiger charge is -2.23. The summed E-state index contributed by atoms with van der Waals surface area (Å²) in [6.45, 7) is 9.52. The molecule has 1 atom stereocenters. The molecule has 0 aliphatic carbocycles. The first-order valence-electron chi connectivity index (χ1n) is 10.4. The molecule has 1 aliphatic heterocycles. The lowest BCUT2D eigenvalue weighted by molar-refractivity contribution is 0.0238. The topological polar surface area (TPSA) is 82.3 Å². The number of ether oxygens (including phenoxy) is 2. The van der Waals surface area contributed by atoms with E-state index in [0.717, 1.165) is 36.2 Å². The maximum absolute atomic E-state index is 6.28. The Morgan fingerprint density at radius 2 is 2.16 bits per heavy atom. The summed E-state index contributed by atoms with van der Waals surface area (Å²) < 4.78 is 11.4. The van der Waals surface area contributed by atoms with E-state index in [4.69, 9.17) is 26.8 Å². The van der Waals surface area contributed by atoms with Crippen LogP contribution in [0.4, 0.5) is 10.9 Å². The molecule has 0 bridgehead atoms. The van der Waals surface area contributed by atoms with Gasteiger partial charge >= 0.3 is 0 Å². The summed E-state index contributed by atoms with van der Waals surface area (Å²) in [4.78, 5) is 9.18. The first-order valence-corrected chi connectivity index (χ1v) is 11.7. The van der Waals surface area contributed by atoms with Gasteiger partial charge in [0.25, 0.3) is 0 Å². The van der Waals surface area contributed by atoms with Gasteiger partial charge in [-0.1, -0.05) is 44.2 Å². The van der Waals surface area contributed by atoms with Crippen LogP contribution in [-0.2, 0) is 4.74 Å². The Balaban J connectivity index is 1.71. The van der Waals surface area contributed by atoms with Crippen LogP contribution in [0.2, 0.25) is 5.02 Å². The first-order chi connectivity index (χ1) is 15.0. The van der Waals surface area contributed by atoms with E-state index in [1.165, 1.54) is 11.3 Å². The molecule has 2 aromatic rings. The highest BCUT2D eigenvalue weighted by atomic mass is 35.5. The van der Waals surface area contributed by atoms with Gasteiger partial charge in [-0.3, -0.25) is 0 Å². The van der Waals surface area contributed by atoms with Crippen LogP contribution in [0.1, 0.15) is 38.8 Å². The van der Waals surface area contributed by atoms with Crippen LogP contribution in [0.15, 0.2) is 48.0 Å². The molecule has 0 saturated carbocycles. The zero-order chi connectivity index (χ0) is 22.2. The van der Waals surface area contributed by atoms with Crippen LogP contribution < -0.4 is 15.8 Å². The molecular formula is C23H29ClN4O2S. The van der Waals surface area contributed by atoms with Gasteiger partial charge in [0.05, 0.1) is 18.9 Å². The van der Waals surface area contributed by atoms with Crippen molar-refractivity contribution in [3.8, 4) is 5.88 Å². The molecule has 0 amide bonds. The number of pyridine rings is 1. The summed E-state index contributed by atoms with van der Waals surface area (Å²) in [7, 11) is 0. The smallest absolute Gasteiger partial charge is 0.234 e. The van der Waals surface area contributed by atoms with Gasteiger partial charge in [0.1, 0.15) is 16.9 Å². The highest BCUT2D eigenvalue weighted by Gasteiger charge is 2.18. The predicted molar refractivity (Wildman–Crippen MR) is 129 cm³/mol. The average molecular weight is 461 g/mol. The summed E-state index contributed by atoms with van der Waals surface area (Å²) in [6.07, 6.45) is 8.39. The molecule has 2 aromatic heterocycles. The summed E-state index contributed by atoms with van der Waals surface area (Å²) in [6, 6.07) is 3.58. The maximum atomic E-state index is 6.28. The SMILES string of the molecule is C=C/C(=C\C=C(\N)C(C)CC)c1csc(Nc2ccc(Cl)c(OC3CCOCC3)n2)n1. The van der Waals surface area contributed by atoms with Gasteiger partial charge in [0, 0.05) is 29.5 Å². The van der Waals surface area contributed by atoms with Crippen molar-refractivity contribution in [1.82, 2.24) is 9.97 Å². The highest BCUT2D eigenvalue weighted by Crippen LogP contribution is 2.29. The number of nitrogens with zero attached hydrogens (tertiary/aromatic N) is 2. The maximum Gasteiger partial charge on any atom is 0.234 e. The molecular weight excluding hydrogens is 432 g/mol. The molecule has 1 saturated heterocycles. The fraction of sp³-hybridized carbons (Fsp3) is 0.391. The quantitative estimate of drug-likeness (QED) is 0.450. The van der Waals surface area contributed by atoms with Gasteiger partial charge < -0.3 is 20.5 Å². The van der Waals surface area contributed by atoms with Crippen LogP contribution in [0, 0.1) is 5.92 Å². The van der Waals surface area contributed by atoms with Crippen molar-refractivity contribution >= 4 is 39.5 Å². The monoisotopic (exact) mass is 460 g/mol. The minimum atomic E-state index is 0.0664. The van der Waals surface area contributed by atoms with Crippen molar-refractivity contribution in [2.75, 3.05) is 18.5 Å². The predicted octanol–water partition coefficient (Wildman–Crippen LogP) is 5.95. The van der Waals surface area contributed by atoms with E-state index < -0.39 is 0 Å².